The number of aromatic nitrogens is 2. The van der Waals surface area contributed by atoms with E-state index in [1.54, 1.807) is 39.3 Å². The minimum Gasteiger partial charge on any atom is -0.497 e. The van der Waals surface area contributed by atoms with Gasteiger partial charge in [-0.1, -0.05) is 11.8 Å². The number of rotatable bonds is 7. The minimum atomic E-state index is -0.333. The number of carbonyl (C=O) groups is 1. The molecule has 2 rings (SSSR count). The smallest absolute Gasteiger partial charge is 0.277 e. The van der Waals surface area contributed by atoms with Gasteiger partial charge in [0.25, 0.3) is 5.22 Å². The largest absolute Gasteiger partial charge is 0.497 e. The summed E-state index contributed by atoms with van der Waals surface area (Å²) in [5.74, 6) is 1.52. The first-order chi connectivity index (χ1) is 11.4. The zero-order valence-electron chi connectivity index (χ0n) is 14.3. The number of methoxy groups -OCH3 is 2. The molecule has 0 fully saturated rings. The maximum atomic E-state index is 11.9. The van der Waals surface area contributed by atoms with Crippen LogP contribution in [0.4, 0.5) is 0 Å². The van der Waals surface area contributed by atoms with Crippen molar-refractivity contribution in [1.82, 2.24) is 15.5 Å². The Hall–Kier alpha value is -2.22. The third-order valence-electron chi connectivity index (χ3n) is 3.08. The Morgan fingerprint density at radius 2 is 1.75 bits per heavy atom. The molecule has 24 heavy (non-hydrogen) atoms. The van der Waals surface area contributed by atoms with Crippen LogP contribution in [0, 0.1) is 0 Å². The number of nitrogens with one attached hydrogen (secondary N) is 1. The summed E-state index contributed by atoms with van der Waals surface area (Å²) in [6, 6.07) is 5.40. The standard InChI is InChI=1S/C16H21N3O4S/c1-9(2)17-14(20)10(3)24-16-19-18-15(23-16)11-6-12(21-4)8-13(7-11)22-5/h6-10H,1-5H3,(H,17,20)/t10-/m1/s1. The minimum absolute atomic E-state index is 0.0715. The van der Waals surface area contributed by atoms with E-state index in [4.69, 9.17) is 13.9 Å². The topological polar surface area (TPSA) is 86.5 Å². The van der Waals surface area contributed by atoms with Crippen LogP contribution >= 0.6 is 11.8 Å². The van der Waals surface area contributed by atoms with Gasteiger partial charge in [-0.15, -0.1) is 10.2 Å². The summed E-state index contributed by atoms with van der Waals surface area (Å²) in [5, 5.41) is 10.9. The summed E-state index contributed by atoms with van der Waals surface area (Å²) >= 11 is 1.21. The highest BCUT2D eigenvalue weighted by Crippen LogP contribution is 2.31. The van der Waals surface area contributed by atoms with E-state index in [1.165, 1.54) is 11.8 Å². The van der Waals surface area contributed by atoms with Crippen LogP contribution in [0.2, 0.25) is 0 Å². The van der Waals surface area contributed by atoms with Crippen LogP contribution in [-0.4, -0.2) is 41.6 Å². The van der Waals surface area contributed by atoms with Crippen LogP contribution in [0.25, 0.3) is 11.5 Å². The Morgan fingerprint density at radius 3 is 2.29 bits per heavy atom. The van der Waals surface area contributed by atoms with Gasteiger partial charge in [0.1, 0.15) is 11.5 Å². The highest BCUT2D eigenvalue weighted by atomic mass is 32.2. The Balaban J connectivity index is 2.14. The second-order valence-corrected chi connectivity index (χ2v) is 6.69. The summed E-state index contributed by atoms with van der Waals surface area (Å²) in [4.78, 5) is 11.9. The Labute approximate surface area is 145 Å². The molecule has 0 saturated carbocycles. The molecule has 0 unspecified atom stereocenters. The van der Waals surface area contributed by atoms with Gasteiger partial charge in [-0.3, -0.25) is 4.79 Å². The fraction of sp³-hybridized carbons (Fsp3) is 0.438. The Morgan fingerprint density at radius 1 is 1.12 bits per heavy atom. The molecule has 0 aliphatic carbocycles. The number of carbonyl (C=O) groups excluding carboxylic acids is 1. The fourth-order valence-electron chi connectivity index (χ4n) is 1.91. The molecule has 1 aromatic heterocycles. The second-order valence-electron chi connectivity index (χ2n) is 5.40. The number of benzene rings is 1. The van der Waals surface area contributed by atoms with E-state index in [9.17, 15) is 4.79 Å². The molecule has 1 aromatic carbocycles. The van der Waals surface area contributed by atoms with Crippen molar-refractivity contribution in [2.24, 2.45) is 0 Å². The van der Waals surface area contributed by atoms with Gasteiger partial charge in [0.15, 0.2) is 0 Å². The molecule has 1 N–H and O–H groups in total. The molecule has 0 radical (unpaired) electrons. The molecule has 1 heterocycles. The predicted octanol–water partition coefficient (Wildman–Crippen LogP) is 2.76. The number of nitrogens with zero attached hydrogens (tertiary/aromatic N) is 2. The normalized spacial score (nSPS) is 12.1. The second kappa shape index (κ2) is 8.05. The van der Waals surface area contributed by atoms with E-state index in [-0.39, 0.29) is 17.2 Å². The number of ether oxygens (including phenoxy) is 2. The third-order valence-corrected chi connectivity index (χ3v) is 4.02. The monoisotopic (exact) mass is 351 g/mol. The van der Waals surface area contributed by atoms with E-state index < -0.39 is 0 Å². The first-order valence-electron chi connectivity index (χ1n) is 7.47. The van der Waals surface area contributed by atoms with Crippen molar-refractivity contribution in [3.63, 3.8) is 0 Å². The molecule has 1 atom stereocenters. The molecule has 1 amide bonds. The van der Waals surface area contributed by atoms with Crippen molar-refractivity contribution in [2.45, 2.75) is 37.3 Å². The van der Waals surface area contributed by atoms with Crippen LogP contribution in [0.5, 0.6) is 11.5 Å². The van der Waals surface area contributed by atoms with E-state index in [0.29, 0.717) is 28.2 Å². The van der Waals surface area contributed by atoms with Crippen LogP contribution in [0.15, 0.2) is 27.8 Å². The molecule has 0 saturated heterocycles. The molecule has 0 spiro atoms. The van der Waals surface area contributed by atoms with Crippen LogP contribution in [0.3, 0.4) is 0 Å². The van der Waals surface area contributed by atoms with Gasteiger partial charge >= 0.3 is 0 Å². The van der Waals surface area contributed by atoms with Crippen LogP contribution in [-0.2, 0) is 4.79 Å². The summed E-state index contributed by atoms with van der Waals surface area (Å²) < 4.78 is 16.1. The summed E-state index contributed by atoms with van der Waals surface area (Å²) in [5.41, 5.74) is 0.685. The van der Waals surface area contributed by atoms with Gasteiger partial charge in [0, 0.05) is 17.7 Å². The van der Waals surface area contributed by atoms with Crippen LogP contribution in [0.1, 0.15) is 20.8 Å². The van der Waals surface area contributed by atoms with Gasteiger partial charge in [-0.2, -0.15) is 0 Å². The van der Waals surface area contributed by atoms with E-state index in [0.717, 1.165) is 0 Å². The lowest BCUT2D eigenvalue weighted by molar-refractivity contribution is -0.120. The maximum Gasteiger partial charge on any atom is 0.277 e. The number of thioether (sulfide) groups is 1. The zero-order valence-corrected chi connectivity index (χ0v) is 15.1. The maximum absolute atomic E-state index is 11.9. The fourth-order valence-corrected chi connectivity index (χ4v) is 2.60. The molecule has 0 aliphatic rings. The van der Waals surface area contributed by atoms with Gasteiger partial charge in [0.05, 0.1) is 19.5 Å². The van der Waals surface area contributed by atoms with Crippen molar-refractivity contribution in [1.29, 1.82) is 0 Å². The van der Waals surface area contributed by atoms with Crippen molar-refractivity contribution in [3.05, 3.63) is 18.2 Å². The average molecular weight is 351 g/mol. The molecule has 0 bridgehead atoms. The Bertz CT molecular complexity index is 680. The number of hydrogen-bond acceptors (Lipinski definition) is 7. The SMILES string of the molecule is COc1cc(OC)cc(-c2nnc(S[C@H](C)C(=O)NC(C)C)o2)c1. The summed E-state index contributed by atoms with van der Waals surface area (Å²) in [6.45, 7) is 5.62. The summed E-state index contributed by atoms with van der Waals surface area (Å²) in [6.07, 6.45) is 0. The molecular weight excluding hydrogens is 330 g/mol. The lowest BCUT2D eigenvalue weighted by atomic mass is 10.2. The molecule has 0 aliphatic heterocycles. The van der Waals surface area contributed by atoms with Gasteiger partial charge in [0.2, 0.25) is 11.8 Å². The first-order valence-corrected chi connectivity index (χ1v) is 8.35. The van der Waals surface area contributed by atoms with Crippen LogP contribution < -0.4 is 14.8 Å². The van der Waals surface area contributed by atoms with Crippen molar-refractivity contribution in [3.8, 4) is 23.0 Å². The number of hydrogen-bond donors (Lipinski definition) is 1. The predicted molar refractivity (Wildman–Crippen MR) is 91.4 cm³/mol. The van der Waals surface area contributed by atoms with E-state index >= 15 is 0 Å². The third kappa shape index (κ3) is 4.64. The van der Waals surface area contributed by atoms with Gasteiger partial charge < -0.3 is 19.2 Å². The highest BCUT2D eigenvalue weighted by molar-refractivity contribution is 8.00. The highest BCUT2D eigenvalue weighted by Gasteiger charge is 2.19. The molecule has 130 valence electrons. The summed E-state index contributed by atoms with van der Waals surface area (Å²) in [7, 11) is 3.14. The van der Waals surface area contributed by atoms with Crippen molar-refractivity contribution < 1.29 is 18.7 Å². The lowest BCUT2D eigenvalue weighted by Gasteiger charge is -2.12. The molecule has 8 heteroatoms. The van der Waals surface area contributed by atoms with Gasteiger partial charge in [-0.25, -0.2) is 0 Å². The quantitative estimate of drug-likeness (QED) is 0.768. The average Bonchev–Trinajstić information content (AvgIpc) is 3.02. The zero-order chi connectivity index (χ0) is 17.7. The van der Waals surface area contributed by atoms with Crippen molar-refractivity contribution >= 4 is 17.7 Å². The Kier molecular flexibility index (Phi) is 6.08. The number of amides is 1. The first kappa shape index (κ1) is 18.1. The van der Waals surface area contributed by atoms with E-state index in [1.807, 2.05) is 13.8 Å². The molecular formula is C16H21N3O4S. The van der Waals surface area contributed by atoms with Crippen molar-refractivity contribution in [2.75, 3.05) is 14.2 Å². The van der Waals surface area contributed by atoms with Gasteiger partial charge in [-0.05, 0) is 32.9 Å². The molecule has 7 nitrogen and oxygen atoms in total. The lowest BCUT2D eigenvalue weighted by Crippen LogP contribution is -2.35. The van der Waals surface area contributed by atoms with E-state index in [2.05, 4.69) is 15.5 Å². The molecule has 2 aromatic rings.